The van der Waals surface area contributed by atoms with Crippen LogP contribution in [-0.4, -0.2) is 38.1 Å². The quantitative estimate of drug-likeness (QED) is 0.688. The first-order chi connectivity index (χ1) is 12.4. The van der Waals surface area contributed by atoms with Gasteiger partial charge in [-0.25, -0.2) is 14.3 Å². The molecule has 26 heavy (non-hydrogen) atoms. The van der Waals surface area contributed by atoms with Crippen molar-refractivity contribution in [3.63, 3.8) is 0 Å². The van der Waals surface area contributed by atoms with Gasteiger partial charge in [-0.3, -0.25) is 4.79 Å². The second-order valence-electron chi connectivity index (χ2n) is 5.65. The first kappa shape index (κ1) is 17.8. The fourth-order valence-electron chi connectivity index (χ4n) is 2.33. The molecular weight excluding hydrogens is 358 g/mol. The Hall–Kier alpha value is -3.00. The van der Waals surface area contributed by atoms with Gasteiger partial charge in [0.05, 0.1) is 6.04 Å². The van der Waals surface area contributed by atoms with E-state index in [1.54, 1.807) is 30.5 Å². The van der Waals surface area contributed by atoms with Gasteiger partial charge in [0.2, 0.25) is 0 Å². The molecule has 0 saturated carbocycles. The summed E-state index contributed by atoms with van der Waals surface area (Å²) in [5, 5.41) is 7.34. The van der Waals surface area contributed by atoms with E-state index < -0.39 is 18.5 Å². The number of rotatable bonds is 5. The van der Waals surface area contributed by atoms with Crippen molar-refractivity contribution >= 4 is 29.3 Å². The Labute approximate surface area is 154 Å². The summed E-state index contributed by atoms with van der Waals surface area (Å²) in [6.45, 7) is 3.18. The van der Waals surface area contributed by atoms with Crippen LogP contribution in [0.3, 0.4) is 0 Å². The molecular formula is C17H16ClN5O3. The van der Waals surface area contributed by atoms with Gasteiger partial charge in [-0.2, -0.15) is 4.98 Å². The molecule has 3 rings (SSSR count). The van der Waals surface area contributed by atoms with Gasteiger partial charge in [-0.1, -0.05) is 23.7 Å². The Morgan fingerprint density at radius 3 is 2.88 bits per heavy atom. The molecule has 0 saturated heterocycles. The highest BCUT2D eigenvalue weighted by molar-refractivity contribution is 6.30. The number of aryl methyl sites for hydroxylation is 1. The van der Waals surface area contributed by atoms with Crippen molar-refractivity contribution in [1.29, 1.82) is 0 Å². The molecule has 3 aromatic rings. The van der Waals surface area contributed by atoms with Crippen molar-refractivity contribution in [2.24, 2.45) is 0 Å². The predicted molar refractivity (Wildman–Crippen MR) is 93.8 cm³/mol. The van der Waals surface area contributed by atoms with Gasteiger partial charge in [0, 0.05) is 16.9 Å². The lowest BCUT2D eigenvalue weighted by Gasteiger charge is -2.14. The number of nitrogens with one attached hydrogen (secondary N) is 1. The summed E-state index contributed by atoms with van der Waals surface area (Å²) < 4.78 is 6.41. The van der Waals surface area contributed by atoms with E-state index in [1.165, 1.54) is 4.52 Å². The van der Waals surface area contributed by atoms with E-state index in [9.17, 15) is 9.59 Å². The third-order valence-electron chi connectivity index (χ3n) is 3.67. The molecule has 0 aliphatic heterocycles. The fraction of sp³-hybridized carbons (Fsp3) is 0.235. The molecule has 2 aromatic heterocycles. The number of esters is 1. The average molecular weight is 374 g/mol. The molecule has 0 bridgehead atoms. The highest BCUT2D eigenvalue weighted by Gasteiger charge is 2.18. The summed E-state index contributed by atoms with van der Waals surface area (Å²) in [5.74, 6) is -1.09. The normalized spacial score (nSPS) is 12.0. The van der Waals surface area contributed by atoms with Gasteiger partial charge in [0.1, 0.15) is 0 Å². The number of ether oxygens (including phenoxy) is 1. The number of halogens is 1. The van der Waals surface area contributed by atoms with Crippen molar-refractivity contribution < 1.29 is 14.3 Å². The molecule has 9 heteroatoms. The van der Waals surface area contributed by atoms with Gasteiger partial charge >= 0.3 is 5.97 Å². The van der Waals surface area contributed by atoms with Gasteiger partial charge in [0.25, 0.3) is 17.5 Å². The number of carbonyl (C=O) groups is 2. The second kappa shape index (κ2) is 7.49. The summed E-state index contributed by atoms with van der Waals surface area (Å²) in [6, 6.07) is 8.61. The Balaban J connectivity index is 1.58. The molecule has 0 aliphatic carbocycles. The molecule has 1 atom stereocenters. The zero-order valence-electron chi connectivity index (χ0n) is 14.1. The first-order valence-electron chi connectivity index (χ1n) is 7.84. The zero-order chi connectivity index (χ0) is 18.7. The number of benzene rings is 1. The Morgan fingerprint density at radius 1 is 1.35 bits per heavy atom. The first-order valence-corrected chi connectivity index (χ1v) is 8.22. The zero-order valence-corrected chi connectivity index (χ0v) is 14.9. The smallest absolute Gasteiger partial charge is 0.378 e. The van der Waals surface area contributed by atoms with E-state index in [1.807, 2.05) is 19.9 Å². The van der Waals surface area contributed by atoms with Gasteiger partial charge in [-0.15, -0.1) is 5.10 Å². The number of nitrogens with zero attached hydrogens (tertiary/aromatic N) is 4. The topological polar surface area (TPSA) is 98.5 Å². The summed E-state index contributed by atoms with van der Waals surface area (Å²) >= 11 is 5.94. The van der Waals surface area contributed by atoms with E-state index in [-0.39, 0.29) is 17.6 Å². The van der Waals surface area contributed by atoms with Crippen LogP contribution in [0.2, 0.25) is 5.02 Å². The molecule has 134 valence electrons. The lowest BCUT2D eigenvalue weighted by molar-refractivity contribution is -0.124. The van der Waals surface area contributed by atoms with Gasteiger partial charge in [-0.05, 0) is 37.6 Å². The van der Waals surface area contributed by atoms with Crippen LogP contribution in [0.1, 0.15) is 34.8 Å². The molecule has 8 nitrogen and oxygen atoms in total. The lowest BCUT2D eigenvalue weighted by atomic mass is 10.1. The number of fused-ring (bicyclic) bond motifs is 1. The summed E-state index contributed by atoms with van der Waals surface area (Å²) in [6.07, 6.45) is 1.57. The maximum atomic E-state index is 12.0. The third kappa shape index (κ3) is 3.97. The van der Waals surface area contributed by atoms with Crippen LogP contribution in [0.5, 0.6) is 0 Å². The Bertz CT molecular complexity index is 972. The van der Waals surface area contributed by atoms with E-state index >= 15 is 0 Å². The van der Waals surface area contributed by atoms with Crippen molar-refractivity contribution in [3.8, 4) is 0 Å². The minimum atomic E-state index is -0.791. The number of amides is 1. The van der Waals surface area contributed by atoms with E-state index in [4.69, 9.17) is 16.3 Å². The summed E-state index contributed by atoms with van der Waals surface area (Å²) in [4.78, 5) is 32.0. The van der Waals surface area contributed by atoms with Crippen molar-refractivity contribution in [3.05, 3.63) is 58.6 Å². The molecule has 0 fully saturated rings. The summed E-state index contributed by atoms with van der Waals surface area (Å²) in [5.41, 5.74) is 1.62. The highest BCUT2D eigenvalue weighted by Crippen LogP contribution is 2.17. The number of carbonyl (C=O) groups excluding carboxylic acids is 2. The standard InChI is InChI=1S/C17H16ClN5O3/c1-10-6-7-19-17-21-15(22-23(10)17)16(25)26-9-14(24)20-11(2)12-4-3-5-13(18)8-12/h3-8,11H,9H2,1-2H3,(H,20,24). The minimum Gasteiger partial charge on any atom is -0.450 e. The van der Waals surface area contributed by atoms with Crippen molar-refractivity contribution in [2.75, 3.05) is 6.61 Å². The highest BCUT2D eigenvalue weighted by atomic mass is 35.5. The Morgan fingerprint density at radius 2 is 2.15 bits per heavy atom. The largest absolute Gasteiger partial charge is 0.450 e. The monoisotopic (exact) mass is 373 g/mol. The minimum absolute atomic E-state index is 0.150. The lowest BCUT2D eigenvalue weighted by Crippen LogP contribution is -2.31. The molecule has 1 N–H and O–H groups in total. The molecule has 0 radical (unpaired) electrons. The van der Waals surface area contributed by atoms with Crippen molar-refractivity contribution in [1.82, 2.24) is 24.9 Å². The number of aromatic nitrogens is 4. The van der Waals surface area contributed by atoms with Crippen LogP contribution in [0.4, 0.5) is 0 Å². The van der Waals surface area contributed by atoms with Gasteiger partial charge in [0.15, 0.2) is 6.61 Å². The molecule has 2 heterocycles. The Kier molecular flexibility index (Phi) is 5.13. The SMILES string of the molecule is Cc1ccnc2nc(C(=O)OCC(=O)NC(C)c3cccc(Cl)c3)nn12. The van der Waals surface area contributed by atoms with Crippen LogP contribution in [0.25, 0.3) is 5.78 Å². The van der Waals surface area contributed by atoms with Crippen LogP contribution in [-0.2, 0) is 9.53 Å². The van der Waals surface area contributed by atoms with Gasteiger partial charge < -0.3 is 10.1 Å². The van der Waals surface area contributed by atoms with E-state index in [0.29, 0.717) is 5.02 Å². The maximum absolute atomic E-state index is 12.0. The van der Waals surface area contributed by atoms with Crippen molar-refractivity contribution in [2.45, 2.75) is 19.9 Å². The molecule has 1 unspecified atom stereocenters. The maximum Gasteiger partial charge on any atom is 0.378 e. The van der Waals surface area contributed by atoms with E-state index in [2.05, 4.69) is 20.4 Å². The van der Waals surface area contributed by atoms with Crippen LogP contribution >= 0.6 is 11.6 Å². The molecule has 1 amide bonds. The van der Waals surface area contributed by atoms with E-state index in [0.717, 1.165) is 11.3 Å². The average Bonchev–Trinajstić information content (AvgIpc) is 3.05. The molecule has 0 spiro atoms. The van der Waals surface area contributed by atoms with Crippen LogP contribution in [0.15, 0.2) is 36.5 Å². The van der Waals surface area contributed by atoms with Crippen LogP contribution in [0, 0.1) is 6.92 Å². The van der Waals surface area contributed by atoms with Crippen LogP contribution < -0.4 is 5.32 Å². The predicted octanol–water partition coefficient (Wildman–Crippen LogP) is 2.12. The second-order valence-corrected chi connectivity index (χ2v) is 6.09. The molecule has 0 aliphatic rings. The fourth-order valence-corrected chi connectivity index (χ4v) is 2.53. The number of hydrogen-bond donors (Lipinski definition) is 1. The molecule has 1 aromatic carbocycles. The third-order valence-corrected chi connectivity index (χ3v) is 3.91. The number of hydrogen-bond acceptors (Lipinski definition) is 6. The summed E-state index contributed by atoms with van der Waals surface area (Å²) in [7, 11) is 0.